The number of rotatable bonds is 4. The molecule has 0 aliphatic carbocycles. The van der Waals surface area contributed by atoms with Crippen molar-refractivity contribution in [3.05, 3.63) is 42.2 Å². The molecule has 2 N–H and O–H groups in total. The fraction of sp³-hybridized carbons (Fsp3) is 0.333. The third-order valence-corrected chi connectivity index (χ3v) is 3.74. The zero-order chi connectivity index (χ0) is 14.9. The molecule has 0 spiro atoms. The molecule has 1 aliphatic heterocycles. The van der Waals surface area contributed by atoms with Gasteiger partial charge in [-0.25, -0.2) is 0 Å². The molecule has 1 aliphatic rings. The van der Waals surface area contributed by atoms with Crippen molar-refractivity contribution in [2.24, 2.45) is 0 Å². The molecular formula is C15H16N2O4. The van der Waals surface area contributed by atoms with Gasteiger partial charge < -0.3 is 19.6 Å². The first kappa shape index (κ1) is 13.6. The van der Waals surface area contributed by atoms with Gasteiger partial charge in [0.15, 0.2) is 0 Å². The molecule has 1 unspecified atom stereocenters. The van der Waals surface area contributed by atoms with Gasteiger partial charge in [0.05, 0.1) is 24.1 Å². The molecule has 110 valence electrons. The number of hydrogen-bond acceptors (Lipinski definition) is 3. The van der Waals surface area contributed by atoms with Gasteiger partial charge in [-0.05, 0) is 24.6 Å². The van der Waals surface area contributed by atoms with Gasteiger partial charge >= 0.3 is 5.97 Å². The van der Waals surface area contributed by atoms with Crippen molar-refractivity contribution in [3.8, 4) is 0 Å². The van der Waals surface area contributed by atoms with E-state index in [0.717, 1.165) is 5.52 Å². The maximum absolute atomic E-state index is 12.4. The van der Waals surface area contributed by atoms with Crippen LogP contribution in [0, 0.1) is 0 Å². The first-order valence-corrected chi connectivity index (χ1v) is 6.77. The number of ether oxygens (including phenoxy) is 1. The van der Waals surface area contributed by atoms with Crippen LogP contribution in [0.15, 0.2) is 36.7 Å². The summed E-state index contributed by atoms with van der Waals surface area (Å²) in [7, 11) is 0. The zero-order valence-corrected chi connectivity index (χ0v) is 11.4. The molecule has 2 aromatic heterocycles. The average molecular weight is 288 g/mol. The topological polar surface area (TPSA) is 80.0 Å². The van der Waals surface area contributed by atoms with E-state index in [-0.39, 0.29) is 18.9 Å². The smallest absolute Gasteiger partial charge is 0.305 e. The normalized spacial score (nSPS) is 21.5. The molecule has 1 fully saturated rings. The molecule has 6 heteroatoms. The summed E-state index contributed by atoms with van der Waals surface area (Å²) in [5.41, 5.74) is 0.618. The lowest BCUT2D eigenvalue weighted by Gasteiger charge is -2.26. The van der Waals surface area contributed by atoms with Crippen LogP contribution in [-0.2, 0) is 9.53 Å². The second-order valence-electron chi connectivity index (χ2n) is 5.37. The van der Waals surface area contributed by atoms with E-state index in [0.29, 0.717) is 18.6 Å². The lowest BCUT2D eigenvalue weighted by Crippen LogP contribution is -2.50. The highest BCUT2D eigenvalue weighted by Gasteiger charge is 2.38. The van der Waals surface area contributed by atoms with E-state index in [4.69, 9.17) is 9.84 Å². The van der Waals surface area contributed by atoms with Crippen LogP contribution in [0.5, 0.6) is 0 Å². The quantitative estimate of drug-likeness (QED) is 0.888. The number of pyridine rings is 1. The predicted octanol–water partition coefficient (Wildman–Crippen LogP) is 1.30. The van der Waals surface area contributed by atoms with E-state index in [1.165, 1.54) is 0 Å². The molecule has 0 aromatic carbocycles. The molecular weight excluding hydrogens is 272 g/mol. The van der Waals surface area contributed by atoms with Crippen molar-refractivity contribution >= 4 is 17.4 Å². The van der Waals surface area contributed by atoms with Crippen molar-refractivity contribution in [3.63, 3.8) is 0 Å². The summed E-state index contributed by atoms with van der Waals surface area (Å²) in [6.45, 7) is 0.698. The van der Waals surface area contributed by atoms with Crippen molar-refractivity contribution < 1.29 is 19.4 Å². The molecule has 1 amide bonds. The second-order valence-corrected chi connectivity index (χ2v) is 5.37. The third kappa shape index (κ3) is 2.75. The number of hydrogen-bond donors (Lipinski definition) is 2. The number of nitrogens with one attached hydrogen (secondary N) is 1. The van der Waals surface area contributed by atoms with Crippen molar-refractivity contribution in [1.82, 2.24) is 9.72 Å². The standard InChI is InChI=1S/C15H16N2O4/c18-13(19)8-15(4-6-21-10-15)16-14(20)11-7-12-3-1-2-5-17(12)9-11/h1-3,5,7,9H,4,6,8,10H2,(H,16,20)(H,18,19). The first-order valence-electron chi connectivity index (χ1n) is 6.77. The number of aliphatic carboxylic acids is 1. The SMILES string of the molecule is O=C(O)CC1(NC(=O)c2cc3ccccn3c2)CCOC1. The summed E-state index contributed by atoms with van der Waals surface area (Å²) >= 11 is 0. The van der Waals surface area contributed by atoms with Gasteiger partial charge in [0.25, 0.3) is 5.91 Å². The van der Waals surface area contributed by atoms with Crippen molar-refractivity contribution in [2.75, 3.05) is 13.2 Å². The highest BCUT2D eigenvalue weighted by Crippen LogP contribution is 2.23. The fourth-order valence-corrected chi connectivity index (χ4v) is 2.67. The van der Waals surface area contributed by atoms with Crippen LogP contribution in [0.25, 0.3) is 5.52 Å². The van der Waals surface area contributed by atoms with Crippen molar-refractivity contribution in [2.45, 2.75) is 18.4 Å². The minimum absolute atomic E-state index is 0.133. The highest BCUT2D eigenvalue weighted by atomic mass is 16.5. The molecule has 0 saturated carbocycles. The van der Waals surface area contributed by atoms with Crippen LogP contribution < -0.4 is 5.32 Å². The Labute approximate surface area is 121 Å². The summed E-state index contributed by atoms with van der Waals surface area (Å²) in [5, 5.41) is 11.9. The number of amides is 1. The van der Waals surface area contributed by atoms with E-state index in [9.17, 15) is 9.59 Å². The lowest BCUT2D eigenvalue weighted by atomic mass is 9.94. The van der Waals surface area contributed by atoms with Crippen LogP contribution in [0.2, 0.25) is 0 Å². The Bertz CT molecular complexity index is 653. The van der Waals surface area contributed by atoms with E-state index in [1.807, 2.05) is 28.8 Å². The Balaban J connectivity index is 1.82. The Morgan fingerprint density at radius 3 is 2.95 bits per heavy atom. The minimum atomic E-state index is -0.942. The van der Waals surface area contributed by atoms with E-state index in [1.54, 1.807) is 12.3 Å². The largest absolute Gasteiger partial charge is 0.481 e. The fourth-order valence-electron chi connectivity index (χ4n) is 2.67. The number of fused-ring (bicyclic) bond motifs is 1. The van der Waals surface area contributed by atoms with E-state index < -0.39 is 11.5 Å². The Morgan fingerprint density at radius 1 is 1.43 bits per heavy atom. The number of aromatic nitrogens is 1. The monoisotopic (exact) mass is 288 g/mol. The summed E-state index contributed by atoms with van der Waals surface area (Å²) < 4.78 is 7.12. The Hall–Kier alpha value is -2.34. The number of carbonyl (C=O) groups is 2. The molecule has 3 rings (SSSR count). The number of carboxylic acid groups (broad SMARTS) is 1. The van der Waals surface area contributed by atoms with E-state index >= 15 is 0 Å². The number of carboxylic acids is 1. The van der Waals surface area contributed by atoms with Gasteiger partial charge in [-0.3, -0.25) is 9.59 Å². The van der Waals surface area contributed by atoms with Crippen LogP contribution in [-0.4, -0.2) is 40.1 Å². The molecule has 6 nitrogen and oxygen atoms in total. The van der Waals surface area contributed by atoms with Gasteiger partial charge in [-0.15, -0.1) is 0 Å². The zero-order valence-electron chi connectivity index (χ0n) is 11.4. The molecule has 1 saturated heterocycles. The summed E-state index contributed by atoms with van der Waals surface area (Å²) in [6.07, 6.45) is 3.97. The Morgan fingerprint density at radius 2 is 2.29 bits per heavy atom. The molecule has 21 heavy (non-hydrogen) atoms. The van der Waals surface area contributed by atoms with Crippen molar-refractivity contribution in [1.29, 1.82) is 0 Å². The molecule has 0 bridgehead atoms. The molecule has 2 aromatic rings. The second kappa shape index (κ2) is 5.21. The van der Waals surface area contributed by atoms with Gasteiger partial charge in [0, 0.05) is 24.5 Å². The highest BCUT2D eigenvalue weighted by molar-refractivity contribution is 5.96. The van der Waals surface area contributed by atoms with Gasteiger partial charge in [0.2, 0.25) is 0 Å². The number of carbonyl (C=O) groups excluding carboxylic acids is 1. The summed E-state index contributed by atoms with van der Waals surface area (Å²) in [6, 6.07) is 7.46. The van der Waals surface area contributed by atoms with Crippen LogP contribution in [0.3, 0.4) is 0 Å². The lowest BCUT2D eigenvalue weighted by molar-refractivity contribution is -0.138. The van der Waals surface area contributed by atoms with Gasteiger partial charge in [-0.1, -0.05) is 6.07 Å². The first-order chi connectivity index (χ1) is 10.1. The summed E-state index contributed by atoms with van der Waals surface area (Å²) in [4.78, 5) is 23.4. The average Bonchev–Trinajstić information content (AvgIpc) is 3.04. The third-order valence-electron chi connectivity index (χ3n) is 3.74. The minimum Gasteiger partial charge on any atom is -0.481 e. The molecule has 0 radical (unpaired) electrons. The van der Waals surface area contributed by atoms with Gasteiger partial charge in [-0.2, -0.15) is 0 Å². The van der Waals surface area contributed by atoms with Gasteiger partial charge in [0.1, 0.15) is 0 Å². The van der Waals surface area contributed by atoms with E-state index in [2.05, 4.69) is 5.32 Å². The van der Waals surface area contributed by atoms with Crippen LogP contribution in [0.1, 0.15) is 23.2 Å². The van der Waals surface area contributed by atoms with Crippen LogP contribution >= 0.6 is 0 Å². The predicted molar refractivity (Wildman–Crippen MR) is 75.3 cm³/mol. The van der Waals surface area contributed by atoms with Crippen LogP contribution in [0.4, 0.5) is 0 Å². The number of nitrogens with zero attached hydrogens (tertiary/aromatic N) is 1. The Kier molecular flexibility index (Phi) is 3.39. The maximum Gasteiger partial charge on any atom is 0.305 e. The summed E-state index contributed by atoms with van der Waals surface area (Å²) in [5.74, 6) is -1.21. The molecule has 3 heterocycles. The molecule has 1 atom stereocenters. The maximum atomic E-state index is 12.4.